The monoisotopic (exact) mass is 457 g/mol. The Balaban J connectivity index is 1.46. The highest BCUT2D eigenvalue weighted by atomic mass is 32.2. The lowest BCUT2D eigenvalue weighted by Crippen LogP contribution is -2.55. The van der Waals surface area contributed by atoms with Gasteiger partial charge in [0.25, 0.3) is 10.0 Å². The topological polar surface area (TPSA) is 111 Å². The molecule has 1 aliphatic heterocycles. The number of ether oxygens (including phenoxy) is 1. The molecule has 0 spiro atoms. The first-order chi connectivity index (χ1) is 14.9. The van der Waals surface area contributed by atoms with E-state index in [1.54, 1.807) is 12.3 Å². The third-order valence-electron chi connectivity index (χ3n) is 6.35. The number of sulfonamides is 1. The van der Waals surface area contributed by atoms with E-state index >= 15 is 0 Å². The normalized spacial score (nSPS) is 19.1. The standard InChI is InChI=1S/C21H23N5O3S2/c1-14-3-4-16(19-18(14)15(11-22)12-23-19)25-31(27,28)17-13-24-20(30-17)21(5-2-6-21)26-7-9-29-10-8-26/h3-4,12-13,23,25H,2,5-10H2,1H3. The first-order valence-corrected chi connectivity index (χ1v) is 12.6. The van der Waals surface area contributed by atoms with Crippen molar-refractivity contribution in [3.63, 3.8) is 0 Å². The van der Waals surface area contributed by atoms with Crippen molar-refractivity contribution in [2.45, 2.75) is 35.9 Å². The van der Waals surface area contributed by atoms with E-state index < -0.39 is 10.0 Å². The molecule has 2 aliphatic rings. The van der Waals surface area contributed by atoms with Crippen molar-refractivity contribution < 1.29 is 13.2 Å². The van der Waals surface area contributed by atoms with Gasteiger partial charge in [0.15, 0.2) is 4.21 Å². The summed E-state index contributed by atoms with van der Waals surface area (Å²) >= 11 is 1.25. The van der Waals surface area contributed by atoms with Crippen LogP contribution in [-0.4, -0.2) is 49.6 Å². The zero-order chi connectivity index (χ0) is 21.6. The average Bonchev–Trinajstić information content (AvgIpc) is 3.39. The van der Waals surface area contributed by atoms with Crippen LogP contribution in [-0.2, 0) is 20.3 Å². The fraction of sp³-hybridized carbons (Fsp3) is 0.429. The van der Waals surface area contributed by atoms with Crippen LogP contribution in [0.15, 0.2) is 28.7 Å². The highest BCUT2D eigenvalue weighted by molar-refractivity contribution is 7.94. The molecule has 1 saturated carbocycles. The van der Waals surface area contributed by atoms with E-state index in [0.29, 0.717) is 30.0 Å². The lowest BCUT2D eigenvalue weighted by Gasteiger charge is -2.50. The minimum atomic E-state index is -3.81. The third kappa shape index (κ3) is 3.32. The van der Waals surface area contributed by atoms with Gasteiger partial charge >= 0.3 is 0 Å². The van der Waals surface area contributed by atoms with Crippen LogP contribution in [0.5, 0.6) is 0 Å². The number of nitrogens with one attached hydrogen (secondary N) is 2. The highest BCUT2D eigenvalue weighted by Gasteiger charge is 2.47. The van der Waals surface area contributed by atoms with Gasteiger partial charge in [0, 0.05) is 24.7 Å². The van der Waals surface area contributed by atoms with Crippen LogP contribution in [0.4, 0.5) is 5.69 Å². The maximum absolute atomic E-state index is 13.2. The molecule has 0 atom stereocenters. The SMILES string of the molecule is Cc1ccc(NS(=O)(=O)c2cnc(C3(N4CCOCC4)CCC3)s2)c2[nH]cc(C#N)c12. The zero-order valence-electron chi connectivity index (χ0n) is 17.1. The summed E-state index contributed by atoms with van der Waals surface area (Å²) in [6.45, 7) is 4.98. The maximum Gasteiger partial charge on any atom is 0.273 e. The molecule has 2 aromatic heterocycles. The number of nitriles is 1. The number of aromatic nitrogens is 2. The number of anilines is 1. The summed E-state index contributed by atoms with van der Waals surface area (Å²) in [7, 11) is -3.81. The largest absolute Gasteiger partial charge is 0.379 e. The second kappa shape index (κ2) is 7.60. The van der Waals surface area contributed by atoms with Crippen molar-refractivity contribution >= 4 is 38.0 Å². The molecular weight excluding hydrogens is 434 g/mol. The lowest BCUT2D eigenvalue weighted by atomic mass is 9.75. The van der Waals surface area contributed by atoms with Gasteiger partial charge in [0.1, 0.15) is 11.1 Å². The Morgan fingerprint density at radius 1 is 1.32 bits per heavy atom. The third-order valence-corrected chi connectivity index (χ3v) is 9.37. The van der Waals surface area contributed by atoms with Gasteiger partial charge < -0.3 is 9.72 Å². The molecule has 162 valence electrons. The lowest BCUT2D eigenvalue weighted by molar-refractivity contribution is -0.0596. The predicted octanol–water partition coefficient (Wildman–Crippen LogP) is 3.32. The molecule has 2 fully saturated rings. The summed E-state index contributed by atoms with van der Waals surface area (Å²) in [6, 6.07) is 5.68. The van der Waals surface area contributed by atoms with Gasteiger partial charge in [-0.25, -0.2) is 13.4 Å². The van der Waals surface area contributed by atoms with Crippen LogP contribution in [0.1, 0.15) is 35.4 Å². The molecule has 31 heavy (non-hydrogen) atoms. The zero-order valence-corrected chi connectivity index (χ0v) is 18.8. The van der Waals surface area contributed by atoms with Crippen molar-refractivity contribution in [2.75, 3.05) is 31.0 Å². The molecule has 0 radical (unpaired) electrons. The minimum absolute atomic E-state index is 0.166. The van der Waals surface area contributed by atoms with E-state index in [9.17, 15) is 13.7 Å². The molecule has 3 heterocycles. The van der Waals surface area contributed by atoms with Gasteiger partial charge in [0.05, 0.1) is 41.7 Å². The second-order valence-corrected chi connectivity index (χ2v) is 11.0. The number of thiazole rings is 1. The first kappa shape index (κ1) is 20.5. The van der Waals surface area contributed by atoms with Gasteiger partial charge in [-0.3, -0.25) is 9.62 Å². The smallest absolute Gasteiger partial charge is 0.273 e. The van der Waals surface area contributed by atoms with Gasteiger partial charge in [-0.05, 0) is 37.8 Å². The summed E-state index contributed by atoms with van der Waals surface area (Å²) in [5.74, 6) is 0. The number of hydrogen-bond acceptors (Lipinski definition) is 7. The van der Waals surface area contributed by atoms with Gasteiger partial charge in [-0.2, -0.15) is 5.26 Å². The summed E-state index contributed by atoms with van der Waals surface area (Å²) < 4.78 is 34.7. The quantitative estimate of drug-likeness (QED) is 0.608. The van der Waals surface area contributed by atoms with Crippen molar-refractivity contribution in [3.8, 4) is 6.07 Å². The van der Waals surface area contributed by atoms with Crippen molar-refractivity contribution in [1.82, 2.24) is 14.9 Å². The number of morpholine rings is 1. The Bertz CT molecular complexity index is 1280. The molecule has 0 amide bonds. The van der Waals surface area contributed by atoms with E-state index in [-0.39, 0.29) is 9.75 Å². The Kier molecular flexibility index (Phi) is 5.01. The molecule has 0 unspecified atom stereocenters. The van der Waals surface area contributed by atoms with E-state index in [2.05, 4.69) is 25.7 Å². The van der Waals surface area contributed by atoms with Gasteiger partial charge in [-0.15, -0.1) is 11.3 Å². The van der Waals surface area contributed by atoms with Crippen LogP contribution in [0, 0.1) is 18.3 Å². The molecule has 3 aromatic rings. The highest BCUT2D eigenvalue weighted by Crippen LogP contribution is 2.48. The van der Waals surface area contributed by atoms with Gasteiger partial charge in [0.2, 0.25) is 0 Å². The number of fused-ring (bicyclic) bond motifs is 1. The summed E-state index contributed by atoms with van der Waals surface area (Å²) in [4.78, 5) is 9.98. The van der Waals surface area contributed by atoms with Crippen molar-refractivity contribution in [2.24, 2.45) is 0 Å². The Hall–Kier alpha value is -2.45. The van der Waals surface area contributed by atoms with Crippen LogP contribution < -0.4 is 4.72 Å². The van der Waals surface area contributed by atoms with E-state index in [4.69, 9.17) is 4.74 Å². The summed E-state index contributed by atoms with van der Waals surface area (Å²) in [5, 5.41) is 10.9. The number of aryl methyl sites for hydroxylation is 1. The average molecular weight is 458 g/mol. The molecular formula is C21H23N5O3S2. The first-order valence-electron chi connectivity index (χ1n) is 10.3. The fourth-order valence-electron chi connectivity index (χ4n) is 4.56. The number of aromatic amines is 1. The van der Waals surface area contributed by atoms with Gasteiger partial charge in [-0.1, -0.05) is 6.07 Å². The Morgan fingerprint density at radius 3 is 2.77 bits per heavy atom. The minimum Gasteiger partial charge on any atom is -0.379 e. The van der Waals surface area contributed by atoms with Crippen LogP contribution in [0.3, 0.4) is 0 Å². The molecule has 1 aliphatic carbocycles. The number of benzene rings is 1. The molecule has 2 N–H and O–H groups in total. The number of nitrogens with zero attached hydrogens (tertiary/aromatic N) is 3. The molecule has 1 aromatic carbocycles. The van der Waals surface area contributed by atoms with Crippen LogP contribution in [0.25, 0.3) is 10.9 Å². The molecule has 8 nitrogen and oxygen atoms in total. The maximum atomic E-state index is 13.2. The van der Waals surface area contributed by atoms with E-state index in [0.717, 1.165) is 48.3 Å². The summed E-state index contributed by atoms with van der Waals surface area (Å²) in [5.41, 5.74) is 2.26. The second-order valence-electron chi connectivity index (χ2n) is 8.07. The number of H-pyrrole nitrogens is 1. The summed E-state index contributed by atoms with van der Waals surface area (Å²) in [6.07, 6.45) is 6.16. The van der Waals surface area contributed by atoms with Crippen LogP contribution >= 0.6 is 11.3 Å². The van der Waals surface area contributed by atoms with E-state index in [1.807, 2.05) is 13.0 Å². The number of hydrogen-bond donors (Lipinski definition) is 2. The molecule has 1 saturated heterocycles. The molecule has 10 heteroatoms. The van der Waals surface area contributed by atoms with Crippen molar-refractivity contribution in [3.05, 3.63) is 40.7 Å². The van der Waals surface area contributed by atoms with Crippen molar-refractivity contribution in [1.29, 1.82) is 5.26 Å². The molecule has 0 bridgehead atoms. The predicted molar refractivity (Wildman–Crippen MR) is 119 cm³/mol. The van der Waals surface area contributed by atoms with E-state index in [1.165, 1.54) is 17.5 Å². The number of rotatable bonds is 5. The fourth-order valence-corrected chi connectivity index (χ4v) is 7.03. The molecule has 5 rings (SSSR count). The van der Waals surface area contributed by atoms with Crippen LogP contribution in [0.2, 0.25) is 0 Å². The Morgan fingerprint density at radius 2 is 2.10 bits per heavy atom. The Labute approximate surface area is 184 Å².